The van der Waals surface area contributed by atoms with E-state index in [4.69, 9.17) is 42.2 Å². The molecule has 95 heavy (non-hydrogen) atoms. The van der Waals surface area contributed by atoms with E-state index < -0.39 is 156 Å². The molecule has 24 nitrogen and oxygen atoms in total. The Labute approximate surface area is 567 Å². The van der Waals surface area contributed by atoms with Crippen molar-refractivity contribution < 1.29 is 117 Å². The van der Waals surface area contributed by atoms with Crippen LogP contribution in [0.1, 0.15) is 284 Å². The summed E-state index contributed by atoms with van der Waals surface area (Å²) in [6, 6.07) is 0. The van der Waals surface area contributed by atoms with Gasteiger partial charge in [-0.1, -0.05) is 232 Å². The third-order valence-corrected chi connectivity index (χ3v) is 19.3. The third kappa shape index (κ3) is 36.2. The number of rotatable bonds is 57. The molecule has 3 aliphatic rings. The van der Waals surface area contributed by atoms with Gasteiger partial charge in [-0.15, -0.1) is 0 Å². The van der Waals surface area contributed by atoms with Crippen LogP contribution in [0.15, 0.2) is 12.2 Å². The molecule has 0 spiro atoms. The molecule has 0 bridgehead atoms. The third-order valence-electron chi connectivity index (χ3n) is 18.3. The number of hydrogen-bond acceptors (Lipinski definition) is 23. The SMILES string of the molecule is CCCCCCCCC/C=C\CCCCCC(=O)OCC1OC(OC2C(O)C(O)C(O)C(OC3OC(CO)C(O)C(O)C3O)C2OP(=O)(O)OCC(COC(=O)CCCCCCCCCCCCCCCC)OC(=O)CCCCCCCCCCCCCC)C(O)C(O)C1O. The van der Waals surface area contributed by atoms with Crippen molar-refractivity contribution in [2.75, 3.05) is 26.4 Å². The molecule has 2 saturated heterocycles. The number of hydrogen-bond donors (Lipinski definition) is 11. The van der Waals surface area contributed by atoms with Gasteiger partial charge in [-0.2, -0.15) is 0 Å². The molecule has 0 aromatic rings. The highest BCUT2D eigenvalue weighted by molar-refractivity contribution is 7.47. The second-order valence-corrected chi connectivity index (χ2v) is 28.1. The molecule has 558 valence electrons. The molecular formula is C70H129O24P. The Balaban J connectivity index is 1.74. The van der Waals surface area contributed by atoms with E-state index in [0.717, 1.165) is 89.9 Å². The normalized spacial score (nSPS) is 28.1. The predicted octanol–water partition coefficient (Wildman–Crippen LogP) is 9.57. The van der Waals surface area contributed by atoms with Crippen molar-refractivity contribution >= 4 is 25.7 Å². The highest BCUT2D eigenvalue weighted by Gasteiger charge is 2.58. The summed E-state index contributed by atoms with van der Waals surface area (Å²) in [4.78, 5) is 50.9. The number of carbonyl (C=O) groups excluding carboxylic acids is 3. The Morgan fingerprint density at radius 2 is 0.737 bits per heavy atom. The summed E-state index contributed by atoms with van der Waals surface area (Å²) < 4.78 is 64.9. The second kappa shape index (κ2) is 52.6. The summed E-state index contributed by atoms with van der Waals surface area (Å²) in [6.07, 6.45) is 10.1. The lowest BCUT2D eigenvalue weighted by molar-refractivity contribution is -0.360. The van der Waals surface area contributed by atoms with E-state index in [0.29, 0.717) is 19.3 Å². The van der Waals surface area contributed by atoms with Gasteiger partial charge in [-0.05, 0) is 44.9 Å². The topological polar surface area (TPSA) is 374 Å². The lowest BCUT2D eigenvalue weighted by Crippen LogP contribution is -2.69. The largest absolute Gasteiger partial charge is 0.472 e. The highest BCUT2D eigenvalue weighted by Crippen LogP contribution is 2.49. The molecule has 25 heteroatoms. The smallest absolute Gasteiger partial charge is 0.463 e. The number of aliphatic hydroxyl groups excluding tert-OH is 10. The number of ether oxygens (including phenoxy) is 7. The summed E-state index contributed by atoms with van der Waals surface area (Å²) in [5, 5.41) is 110. The van der Waals surface area contributed by atoms with Crippen molar-refractivity contribution in [3.8, 4) is 0 Å². The second-order valence-electron chi connectivity index (χ2n) is 26.7. The first-order chi connectivity index (χ1) is 45.8. The van der Waals surface area contributed by atoms with Crippen LogP contribution in [0.5, 0.6) is 0 Å². The Kier molecular flexibility index (Phi) is 48.2. The van der Waals surface area contributed by atoms with Crippen molar-refractivity contribution in [1.82, 2.24) is 0 Å². The van der Waals surface area contributed by atoms with Crippen LogP contribution in [0.25, 0.3) is 0 Å². The first-order valence-corrected chi connectivity index (χ1v) is 38.5. The highest BCUT2D eigenvalue weighted by atomic mass is 31.2. The molecule has 0 radical (unpaired) electrons. The summed E-state index contributed by atoms with van der Waals surface area (Å²) in [5.74, 6) is -2.00. The molecule has 0 aromatic heterocycles. The fourth-order valence-electron chi connectivity index (χ4n) is 12.2. The van der Waals surface area contributed by atoms with Gasteiger partial charge in [0.05, 0.1) is 13.2 Å². The van der Waals surface area contributed by atoms with Crippen molar-refractivity contribution in [2.45, 2.75) is 388 Å². The summed E-state index contributed by atoms with van der Waals surface area (Å²) in [6.45, 7) is 3.42. The van der Waals surface area contributed by atoms with Crippen LogP contribution >= 0.6 is 7.82 Å². The molecule has 18 unspecified atom stereocenters. The first-order valence-electron chi connectivity index (χ1n) is 37.0. The maximum absolute atomic E-state index is 14.3. The first kappa shape index (κ1) is 86.9. The minimum Gasteiger partial charge on any atom is -0.463 e. The van der Waals surface area contributed by atoms with Gasteiger partial charge in [-0.3, -0.25) is 23.4 Å². The van der Waals surface area contributed by atoms with Gasteiger partial charge in [0.2, 0.25) is 0 Å². The van der Waals surface area contributed by atoms with Crippen LogP contribution in [0.4, 0.5) is 0 Å². The van der Waals surface area contributed by atoms with E-state index in [-0.39, 0.29) is 19.3 Å². The number of esters is 3. The quantitative estimate of drug-likeness (QED) is 0.00887. The number of unbranched alkanes of at least 4 members (excludes halogenated alkanes) is 34. The van der Waals surface area contributed by atoms with Crippen molar-refractivity contribution in [1.29, 1.82) is 0 Å². The fourth-order valence-corrected chi connectivity index (χ4v) is 13.2. The van der Waals surface area contributed by atoms with Gasteiger partial charge in [0.1, 0.15) is 98.7 Å². The lowest BCUT2D eigenvalue weighted by atomic mass is 9.84. The molecule has 1 aliphatic carbocycles. The van der Waals surface area contributed by atoms with Crippen molar-refractivity contribution in [2.24, 2.45) is 0 Å². The van der Waals surface area contributed by atoms with Crippen LogP contribution < -0.4 is 0 Å². The summed E-state index contributed by atoms with van der Waals surface area (Å²) in [5.41, 5.74) is 0. The fraction of sp³-hybridized carbons (Fsp3) is 0.929. The molecule has 2 aliphatic heterocycles. The van der Waals surface area contributed by atoms with Gasteiger partial charge in [0.25, 0.3) is 0 Å². The molecule has 3 fully saturated rings. The van der Waals surface area contributed by atoms with E-state index in [1.807, 2.05) is 0 Å². The predicted molar refractivity (Wildman–Crippen MR) is 356 cm³/mol. The average molecular weight is 1390 g/mol. The monoisotopic (exact) mass is 1380 g/mol. The van der Waals surface area contributed by atoms with Crippen molar-refractivity contribution in [3.63, 3.8) is 0 Å². The molecule has 0 amide bonds. The van der Waals surface area contributed by atoms with E-state index in [9.17, 15) is 74.9 Å². The Morgan fingerprint density at radius 1 is 0.400 bits per heavy atom. The number of phosphoric ester groups is 1. The van der Waals surface area contributed by atoms with Crippen molar-refractivity contribution in [3.05, 3.63) is 12.2 Å². The number of phosphoric acid groups is 1. The van der Waals surface area contributed by atoms with Crippen LogP contribution in [0.2, 0.25) is 0 Å². The molecule has 2 heterocycles. The van der Waals surface area contributed by atoms with Gasteiger partial charge in [-0.25, -0.2) is 4.57 Å². The van der Waals surface area contributed by atoms with E-state index >= 15 is 0 Å². The molecule has 3 rings (SSSR count). The van der Waals surface area contributed by atoms with Crippen LogP contribution in [-0.2, 0) is 61.2 Å². The summed E-state index contributed by atoms with van der Waals surface area (Å²) >= 11 is 0. The Bertz CT molecular complexity index is 2020. The maximum Gasteiger partial charge on any atom is 0.472 e. The molecule has 0 aromatic carbocycles. The number of aliphatic hydroxyl groups is 10. The Morgan fingerprint density at radius 3 is 1.15 bits per heavy atom. The zero-order valence-corrected chi connectivity index (χ0v) is 58.9. The minimum atomic E-state index is -5.69. The van der Waals surface area contributed by atoms with Gasteiger partial charge in [0, 0.05) is 19.3 Å². The average Bonchev–Trinajstić information content (AvgIpc) is 0.764. The van der Waals surface area contributed by atoms with E-state index in [1.54, 1.807) is 0 Å². The van der Waals surface area contributed by atoms with Gasteiger partial charge < -0.3 is 89.1 Å². The minimum absolute atomic E-state index is 0.00958. The van der Waals surface area contributed by atoms with Crippen LogP contribution in [-0.4, -0.2) is 204 Å². The zero-order chi connectivity index (χ0) is 69.6. The van der Waals surface area contributed by atoms with E-state index in [2.05, 4.69) is 32.9 Å². The standard InChI is InChI=1S/C70H129O24P/c1-4-7-10-13-16-19-22-25-27-30-32-35-38-41-44-54(72)86-48-51(89-56(74)46-43-40-37-34-29-24-21-18-15-12-9-6-3)49-88-95(84,85)94-68-66(92-69-64(82)59(77)57(75)52(47-71)90-69)62(80)61(79)63(81)67(68)93-70-65(83)60(78)58(76)53(91-70)50-87-55(73)45-42-39-36-33-31-28-26-23-20-17-14-11-8-5-2/h28,31,51-53,57-71,75-83H,4-27,29-30,32-50H2,1-3H3,(H,84,85)/b31-28-. The number of allylic oxidation sites excluding steroid dienone is 2. The molecule has 18 atom stereocenters. The molecular weight excluding hydrogens is 1260 g/mol. The summed E-state index contributed by atoms with van der Waals surface area (Å²) in [7, 11) is -5.69. The zero-order valence-electron chi connectivity index (χ0n) is 58.0. The molecule has 1 saturated carbocycles. The van der Waals surface area contributed by atoms with E-state index in [1.165, 1.54) is 135 Å². The van der Waals surface area contributed by atoms with Crippen LogP contribution in [0.3, 0.4) is 0 Å². The lowest BCUT2D eigenvalue weighted by Gasteiger charge is -2.49. The van der Waals surface area contributed by atoms with Gasteiger partial charge >= 0.3 is 25.7 Å². The molecule has 11 N–H and O–H groups in total. The Hall–Kier alpha value is -2.30. The number of carbonyl (C=O) groups is 3. The van der Waals surface area contributed by atoms with Gasteiger partial charge in [0.15, 0.2) is 18.7 Å². The maximum atomic E-state index is 14.3. The van der Waals surface area contributed by atoms with Crippen LogP contribution in [0, 0.1) is 0 Å².